The molecule has 12 heavy (non-hydrogen) atoms. The van der Waals surface area contributed by atoms with E-state index in [1.807, 2.05) is 18.2 Å². The molecule has 0 bridgehead atoms. The van der Waals surface area contributed by atoms with Crippen molar-refractivity contribution < 1.29 is 0 Å². The van der Waals surface area contributed by atoms with Crippen LogP contribution in [0.3, 0.4) is 0 Å². The third kappa shape index (κ3) is 2.36. The van der Waals surface area contributed by atoms with E-state index in [9.17, 15) is 0 Å². The van der Waals surface area contributed by atoms with Crippen molar-refractivity contribution in [1.29, 1.82) is 0 Å². The van der Waals surface area contributed by atoms with Crippen LogP contribution in [0.5, 0.6) is 0 Å². The van der Waals surface area contributed by atoms with Gasteiger partial charge in [-0.3, -0.25) is 0 Å². The van der Waals surface area contributed by atoms with Crippen molar-refractivity contribution in [1.82, 2.24) is 0 Å². The summed E-state index contributed by atoms with van der Waals surface area (Å²) in [7, 11) is 0. The second-order valence-corrected chi connectivity index (χ2v) is 3.73. The minimum Gasteiger partial charge on any atom is -0.126 e. The van der Waals surface area contributed by atoms with Crippen molar-refractivity contribution >= 4 is 33.6 Å². The molecule has 0 N–H and O–H groups in total. The average molecular weight is 246 g/mol. The van der Waals surface area contributed by atoms with Gasteiger partial charge in [0.2, 0.25) is 0 Å². The van der Waals surface area contributed by atoms with E-state index in [0.717, 1.165) is 16.5 Å². The van der Waals surface area contributed by atoms with Gasteiger partial charge in [0.05, 0.1) is 0 Å². The molecule has 1 aromatic carbocycles. The van der Waals surface area contributed by atoms with Crippen LogP contribution in [0.2, 0.25) is 0 Å². The van der Waals surface area contributed by atoms with Gasteiger partial charge in [0, 0.05) is 10.4 Å². The third-order valence-corrected chi connectivity index (χ3v) is 2.63. The smallest absolute Gasteiger partial charge is 0.0264 e. The van der Waals surface area contributed by atoms with Gasteiger partial charge in [-0.05, 0) is 23.6 Å². The molecule has 1 rings (SSSR count). The monoisotopic (exact) mass is 244 g/mol. The predicted molar refractivity (Wildman–Crippen MR) is 58.7 cm³/mol. The molecule has 0 fully saturated rings. The van der Waals surface area contributed by atoms with Crippen LogP contribution in [0.4, 0.5) is 0 Å². The van der Waals surface area contributed by atoms with E-state index in [4.69, 9.17) is 11.6 Å². The molecule has 0 saturated carbocycles. The fourth-order valence-electron chi connectivity index (χ4n) is 1.02. The lowest BCUT2D eigenvalue weighted by molar-refractivity contribution is 1.13. The summed E-state index contributed by atoms with van der Waals surface area (Å²) in [5.74, 6) is 0.652. The molecule has 0 unspecified atom stereocenters. The van der Waals surface area contributed by atoms with Gasteiger partial charge < -0.3 is 0 Å². The SMILES string of the molecule is C=Cc1ccc(Br)c(CCCl)c1. The van der Waals surface area contributed by atoms with Crippen molar-refractivity contribution in [3.05, 3.63) is 40.4 Å². The Kier molecular flexibility index (Phi) is 3.83. The molecule has 0 aromatic heterocycles. The molecule has 0 aliphatic carbocycles. The minimum absolute atomic E-state index is 0.652. The van der Waals surface area contributed by atoms with Gasteiger partial charge in [0.15, 0.2) is 0 Å². The van der Waals surface area contributed by atoms with Crippen molar-refractivity contribution in [2.75, 3.05) is 5.88 Å². The Bertz CT molecular complexity index is 281. The lowest BCUT2D eigenvalue weighted by Gasteiger charge is -2.02. The summed E-state index contributed by atoms with van der Waals surface area (Å²) in [4.78, 5) is 0. The number of aryl methyl sites for hydroxylation is 1. The molecule has 1 aromatic rings. The second kappa shape index (κ2) is 4.68. The van der Waals surface area contributed by atoms with Gasteiger partial charge in [-0.2, -0.15) is 0 Å². The molecule has 0 amide bonds. The molecule has 0 aliphatic heterocycles. The number of alkyl halides is 1. The summed E-state index contributed by atoms with van der Waals surface area (Å²) in [6, 6.07) is 6.15. The van der Waals surface area contributed by atoms with Crippen LogP contribution in [-0.2, 0) is 6.42 Å². The Morgan fingerprint density at radius 3 is 2.83 bits per heavy atom. The summed E-state index contributed by atoms with van der Waals surface area (Å²) in [6.07, 6.45) is 2.73. The fraction of sp³-hybridized carbons (Fsp3) is 0.200. The zero-order valence-corrected chi connectivity index (χ0v) is 9.03. The van der Waals surface area contributed by atoms with Gasteiger partial charge in [-0.1, -0.05) is 40.7 Å². The van der Waals surface area contributed by atoms with E-state index in [-0.39, 0.29) is 0 Å². The highest BCUT2D eigenvalue weighted by Gasteiger charge is 1.98. The van der Waals surface area contributed by atoms with E-state index in [1.165, 1.54) is 5.56 Å². The molecular weight excluding hydrogens is 235 g/mol. The Labute approximate surface area is 86.4 Å². The molecule has 0 nitrogen and oxygen atoms in total. The molecule has 0 heterocycles. The molecule has 64 valence electrons. The summed E-state index contributed by atoms with van der Waals surface area (Å²) < 4.78 is 1.12. The molecule has 0 spiro atoms. The topological polar surface area (TPSA) is 0 Å². The lowest BCUT2D eigenvalue weighted by atomic mass is 10.1. The quantitative estimate of drug-likeness (QED) is 0.709. The molecule has 0 radical (unpaired) electrons. The Morgan fingerprint density at radius 2 is 2.25 bits per heavy atom. The number of benzene rings is 1. The van der Waals surface area contributed by atoms with Crippen LogP contribution in [0.15, 0.2) is 29.3 Å². The van der Waals surface area contributed by atoms with Gasteiger partial charge >= 0.3 is 0 Å². The maximum atomic E-state index is 5.66. The summed E-state index contributed by atoms with van der Waals surface area (Å²) in [5.41, 5.74) is 2.38. The molecule has 0 atom stereocenters. The highest BCUT2D eigenvalue weighted by Crippen LogP contribution is 2.19. The third-order valence-electron chi connectivity index (χ3n) is 1.67. The average Bonchev–Trinajstić information content (AvgIpc) is 2.09. The van der Waals surface area contributed by atoms with E-state index in [2.05, 4.69) is 28.6 Å². The largest absolute Gasteiger partial charge is 0.126 e. The first-order valence-corrected chi connectivity index (χ1v) is 5.07. The van der Waals surface area contributed by atoms with Crippen molar-refractivity contribution in [3.63, 3.8) is 0 Å². The highest BCUT2D eigenvalue weighted by atomic mass is 79.9. The van der Waals surface area contributed by atoms with Crippen LogP contribution in [0.1, 0.15) is 11.1 Å². The van der Waals surface area contributed by atoms with Gasteiger partial charge in [-0.25, -0.2) is 0 Å². The lowest BCUT2D eigenvalue weighted by Crippen LogP contribution is -1.88. The van der Waals surface area contributed by atoms with Crippen LogP contribution in [0.25, 0.3) is 6.08 Å². The highest BCUT2D eigenvalue weighted by molar-refractivity contribution is 9.10. The van der Waals surface area contributed by atoms with Gasteiger partial charge in [0.25, 0.3) is 0 Å². The summed E-state index contributed by atoms with van der Waals surface area (Å²) >= 11 is 9.12. The molecule has 2 heteroatoms. The van der Waals surface area contributed by atoms with Crippen LogP contribution in [-0.4, -0.2) is 5.88 Å². The van der Waals surface area contributed by atoms with Crippen molar-refractivity contribution in [2.24, 2.45) is 0 Å². The predicted octanol–water partition coefficient (Wildman–Crippen LogP) is 3.87. The standard InChI is InChI=1S/C10H10BrCl/c1-2-8-3-4-10(11)9(7-8)5-6-12/h2-4,7H,1,5-6H2. The van der Waals surface area contributed by atoms with Gasteiger partial charge in [-0.15, -0.1) is 11.6 Å². The fourth-order valence-corrected chi connectivity index (χ4v) is 1.66. The molecular formula is C10H10BrCl. The van der Waals surface area contributed by atoms with Crippen LogP contribution < -0.4 is 0 Å². The first-order valence-electron chi connectivity index (χ1n) is 3.74. The second-order valence-electron chi connectivity index (χ2n) is 2.49. The van der Waals surface area contributed by atoms with E-state index in [0.29, 0.717) is 5.88 Å². The zero-order chi connectivity index (χ0) is 8.97. The first-order chi connectivity index (χ1) is 5.77. The number of hydrogen-bond donors (Lipinski definition) is 0. The zero-order valence-electron chi connectivity index (χ0n) is 6.69. The Hall–Kier alpha value is -0.270. The Morgan fingerprint density at radius 1 is 1.50 bits per heavy atom. The molecule has 0 aliphatic rings. The normalized spacial score (nSPS) is 9.83. The summed E-state index contributed by atoms with van der Waals surface area (Å²) in [5, 5.41) is 0. The summed E-state index contributed by atoms with van der Waals surface area (Å²) in [6.45, 7) is 3.71. The minimum atomic E-state index is 0.652. The van der Waals surface area contributed by atoms with E-state index < -0.39 is 0 Å². The van der Waals surface area contributed by atoms with Crippen LogP contribution in [0, 0.1) is 0 Å². The van der Waals surface area contributed by atoms with Crippen molar-refractivity contribution in [2.45, 2.75) is 6.42 Å². The van der Waals surface area contributed by atoms with Crippen LogP contribution >= 0.6 is 27.5 Å². The number of hydrogen-bond acceptors (Lipinski definition) is 0. The number of rotatable bonds is 3. The maximum Gasteiger partial charge on any atom is 0.0264 e. The van der Waals surface area contributed by atoms with Crippen molar-refractivity contribution in [3.8, 4) is 0 Å². The molecule has 0 saturated heterocycles. The van der Waals surface area contributed by atoms with E-state index >= 15 is 0 Å². The van der Waals surface area contributed by atoms with E-state index in [1.54, 1.807) is 0 Å². The van der Waals surface area contributed by atoms with Gasteiger partial charge in [0.1, 0.15) is 0 Å². The Balaban J connectivity index is 2.99. The first kappa shape index (κ1) is 9.82. The maximum absolute atomic E-state index is 5.66. The number of halogens is 2.